The SMILES string of the molecule is COc1ccc(C(=O)/C=C(\O)c2ccc(C)cc2)c(O)c1. The second-order valence-electron chi connectivity index (χ2n) is 4.64. The molecule has 0 aliphatic heterocycles. The van der Waals surface area contributed by atoms with Crippen molar-refractivity contribution in [2.24, 2.45) is 0 Å². The van der Waals surface area contributed by atoms with Gasteiger partial charge in [-0.3, -0.25) is 4.79 Å². The summed E-state index contributed by atoms with van der Waals surface area (Å²) in [5.74, 6) is -0.355. The van der Waals surface area contributed by atoms with Crippen LogP contribution < -0.4 is 4.74 Å². The molecule has 0 amide bonds. The van der Waals surface area contributed by atoms with Gasteiger partial charge in [0.25, 0.3) is 0 Å². The van der Waals surface area contributed by atoms with Crippen LogP contribution in [0, 0.1) is 6.92 Å². The van der Waals surface area contributed by atoms with E-state index in [1.54, 1.807) is 18.2 Å². The highest BCUT2D eigenvalue weighted by Crippen LogP contribution is 2.25. The number of benzene rings is 2. The summed E-state index contributed by atoms with van der Waals surface area (Å²) in [5, 5.41) is 19.8. The fourth-order valence-electron chi connectivity index (χ4n) is 1.86. The molecule has 0 atom stereocenters. The number of aromatic hydroxyl groups is 1. The molecule has 0 saturated heterocycles. The quantitative estimate of drug-likeness (QED) is 0.512. The van der Waals surface area contributed by atoms with Gasteiger partial charge in [-0.05, 0) is 19.1 Å². The van der Waals surface area contributed by atoms with Gasteiger partial charge in [0.1, 0.15) is 17.3 Å². The Labute approximate surface area is 122 Å². The molecule has 4 heteroatoms. The summed E-state index contributed by atoms with van der Waals surface area (Å²) < 4.78 is 4.96. The number of aliphatic hydroxyl groups is 1. The summed E-state index contributed by atoms with van der Waals surface area (Å²) in [6.07, 6.45) is 1.09. The Balaban J connectivity index is 2.27. The molecule has 2 aromatic rings. The molecule has 2 aromatic carbocycles. The second kappa shape index (κ2) is 6.13. The molecule has 21 heavy (non-hydrogen) atoms. The molecule has 0 bridgehead atoms. The zero-order chi connectivity index (χ0) is 15.4. The van der Waals surface area contributed by atoms with Crippen LogP contribution in [0.1, 0.15) is 21.5 Å². The lowest BCUT2D eigenvalue weighted by atomic mass is 10.1. The number of phenolic OH excluding ortho intramolecular Hbond substituents is 1. The molecular formula is C17H16O4. The normalized spacial score (nSPS) is 11.2. The van der Waals surface area contributed by atoms with Gasteiger partial charge in [-0.25, -0.2) is 0 Å². The number of aliphatic hydroxyl groups excluding tert-OH is 1. The Bertz CT molecular complexity index is 684. The van der Waals surface area contributed by atoms with Crippen molar-refractivity contribution in [1.82, 2.24) is 0 Å². The predicted octanol–water partition coefficient (Wildman–Crippen LogP) is 3.49. The monoisotopic (exact) mass is 284 g/mol. The number of aryl methyl sites for hydroxylation is 1. The first-order valence-electron chi connectivity index (χ1n) is 6.40. The topological polar surface area (TPSA) is 66.8 Å². The van der Waals surface area contributed by atoms with Crippen molar-refractivity contribution in [3.63, 3.8) is 0 Å². The first kappa shape index (κ1) is 14.7. The molecule has 2 N–H and O–H groups in total. The van der Waals surface area contributed by atoms with Crippen LogP contribution in [0.15, 0.2) is 48.5 Å². The van der Waals surface area contributed by atoms with Gasteiger partial charge in [-0.15, -0.1) is 0 Å². The standard InChI is InChI=1S/C17H16O4/c1-11-3-5-12(6-4-11)15(18)10-17(20)14-8-7-13(21-2)9-16(14)19/h3-10,18-19H,1-2H3/b15-10-. The molecule has 0 aliphatic rings. The fourth-order valence-corrected chi connectivity index (χ4v) is 1.86. The van der Waals surface area contributed by atoms with E-state index in [0.717, 1.165) is 11.6 Å². The van der Waals surface area contributed by atoms with E-state index in [2.05, 4.69) is 0 Å². The second-order valence-corrected chi connectivity index (χ2v) is 4.64. The smallest absolute Gasteiger partial charge is 0.193 e. The number of ketones is 1. The molecule has 108 valence electrons. The number of methoxy groups -OCH3 is 1. The van der Waals surface area contributed by atoms with Crippen molar-refractivity contribution < 1.29 is 19.7 Å². The van der Waals surface area contributed by atoms with Crippen LogP contribution in [0.25, 0.3) is 5.76 Å². The van der Waals surface area contributed by atoms with Gasteiger partial charge in [0.05, 0.1) is 12.7 Å². The molecule has 0 aliphatic carbocycles. The Morgan fingerprint density at radius 1 is 1.14 bits per heavy atom. The highest BCUT2D eigenvalue weighted by atomic mass is 16.5. The number of rotatable bonds is 4. The molecule has 0 heterocycles. The minimum Gasteiger partial charge on any atom is -0.507 e. The van der Waals surface area contributed by atoms with Crippen molar-refractivity contribution in [3.05, 3.63) is 65.2 Å². The number of ether oxygens (including phenoxy) is 1. The molecule has 0 fully saturated rings. The maximum atomic E-state index is 12.1. The highest BCUT2D eigenvalue weighted by molar-refractivity contribution is 6.09. The van der Waals surface area contributed by atoms with Gasteiger partial charge in [0.2, 0.25) is 0 Å². The average Bonchev–Trinajstić information content (AvgIpc) is 2.47. The molecule has 4 nitrogen and oxygen atoms in total. The van der Waals surface area contributed by atoms with Crippen LogP contribution in [-0.4, -0.2) is 23.1 Å². The van der Waals surface area contributed by atoms with Crippen molar-refractivity contribution in [2.45, 2.75) is 6.92 Å². The van der Waals surface area contributed by atoms with Gasteiger partial charge in [-0.2, -0.15) is 0 Å². The van der Waals surface area contributed by atoms with E-state index < -0.39 is 5.78 Å². The zero-order valence-corrected chi connectivity index (χ0v) is 11.8. The average molecular weight is 284 g/mol. The highest BCUT2D eigenvalue weighted by Gasteiger charge is 2.11. The van der Waals surface area contributed by atoms with Crippen molar-refractivity contribution >= 4 is 11.5 Å². The van der Waals surface area contributed by atoms with E-state index in [1.807, 2.05) is 19.1 Å². The predicted molar refractivity (Wildman–Crippen MR) is 80.8 cm³/mol. The molecular weight excluding hydrogens is 268 g/mol. The summed E-state index contributed by atoms with van der Waals surface area (Å²) in [7, 11) is 1.47. The van der Waals surface area contributed by atoms with E-state index in [4.69, 9.17) is 4.74 Å². The largest absolute Gasteiger partial charge is 0.507 e. The summed E-state index contributed by atoms with van der Waals surface area (Å²) in [4.78, 5) is 12.1. The number of carbonyl (C=O) groups excluding carboxylic acids is 1. The molecule has 0 aromatic heterocycles. The minimum absolute atomic E-state index is 0.106. The Hall–Kier alpha value is -2.75. The third-order valence-corrected chi connectivity index (χ3v) is 3.09. The lowest BCUT2D eigenvalue weighted by molar-refractivity contribution is 0.104. The summed E-state index contributed by atoms with van der Waals surface area (Å²) in [6.45, 7) is 1.94. The third-order valence-electron chi connectivity index (χ3n) is 3.09. The number of hydrogen-bond donors (Lipinski definition) is 2. The van der Waals surface area contributed by atoms with Gasteiger partial charge < -0.3 is 14.9 Å². The number of allylic oxidation sites excluding steroid dienone is 1. The van der Waals surface area contributed by atoms with Crippen molar-refractivity contribution in [2.75, 3.05) is 7.11 Å². The van der Waals surface area contributed by atoms with E-state index >= 15 is 0 Å². The zero-order valence-electron chi connectivity index (χ0n) is 11.8. The van der Waals surface area contributed by atoms with Crippen LogP contribution in [-0.2, 0) is 0 Å². The Morgan fingerprint density at radius 3 is 2.38 bits per heavy atom. The van der Waals surface area contributed by atoms with Crippen LogP contribution in [0.3, 0.4) is 0 Å². The summed E-state index contributed by atoms with van der Waals surface area (Å²) >= 11 is 0. The summed E-state index contributed by atoms with van der Waals surface area (Å²) in [6, 6.07) is 11.5. The van der Waals surface area contributed by atoms with Gasteiger partial charge in [0, 0.05) is 17.7 Å². The van der Waals surface area contributed by atoms with E-state index in [0.29, 0.717) is 11.3 Å². The van der Waals surface area contributed by atoms with E-state index in [9.17, 15) is 15.0 Å². The maximum absolute atomic E-state index is 12.1. The van der Waals surface area contributed by atoms with Crippen LogP contribution in [0.4, 0.5) is 0 Å². The first-order chi connectivity index (χ1) is 10.0. The first-order valence-corrected chi connectivity index (χ1v) is 6.40. The van der Waals surface area contributed by atoms with Crippen LogP contribution in [0.2, 0.25) is 0 Å². The van der Waals surface area contributed by atoms with Crippen molar-refractivity contribution in [3.8, 4) is 11.5 Å². The molecule has 0 radical (unpaired) electrons. The lowest BCUT2D eigenvalue weighted by Crippen LogP contribution is -1.98. The van der Waals surface area contributed by atoms with Crippen LogP contribution >= 0.6 is 0 Å². The fraction of sp³-hybridized carbons (Fsp3) is 0.118. The third kappa shape index (κ3) is 3.42. The Morgan fingerprint density at radius 2 is 1.81 bits per heavy atom. The van der Waals surface area contributed by atoms with Gasteiger partial charge >= 0.3 is 0 Å². The van der Waals surface area contributed by atoms with E-state index in [-0.39, 0.29) is 17.1 Å². The van der Waals surface area contributed by atoms with Crippen LogP contribution in [0.5, 0.6) is 11.5 Å². The maximum Gasteiger partial charge on any atom is 0.193 e. The van der Waals surface area contributed by atoms with Gasteiger partial charge in [-0.1, -0.05) is 29.8 Å². The number of hydrogen-bond acceptors (Lipinski definition) is 4. The van der Waals surface area contributed by atoms with E-state index in [1.165, 1.54) is 19.2 Å². The summed E-state index contributed by atoms with van der Waals surface area (Å²) in [5.41, 5.74) is 1.71. The Kier molecular flexibility index (Phi) is 4.28. The van der Waals surface area contributed by atoms with Crippen molar-refractivity contribution in [1.29, 1.82) is 0 Å². The number of carbonyl (C=O) groups is 1. The molecule has 0 unspecified atom stereocenters. The molecule has 0 saturated carbocycles. The molecule has 2 rings (SSSR count). The lowest BCUT2D eigenvalue weighted by Gasteiger charge is -2.05. The minimum atomic E-state index is -0.478. The van der Waals surface area contributed by atoms with Gasteiger partial charge in [0.15, 0.2) is 5.78 Å². The number of phenols is 1. The molecule has 0 spiro atoms.